The Bertz CT molecular complexity index is 1110. The van der Waals surface area contributed by atoms with Gasteiger partial charge in [0, 0.05) is 31.9 Å². The molecular weight excluding hydrogens is 507 g/mol. The van der Waals surface area contributed by atoms with Gasteiger partial charge in [-0.2, -0.15) is 18.3 Å². The summed E-state index contributed by atoms with van der Waals surface area (Å²) < 4.78 is 47.7. The molecule has 0 aromatic carbocycles. The summed E-state index contributed by atoms with van der Waals surface area (Å²) in [4.78, 5) is 17.3. The predicted molar refractivity (Wildman–Crippen MR) is 137 cm³/mol. The molecule has 1 amide bonds. The van der Waals surface area contributed by atoms with Gasteiger partial charge in [-0.1, -0.05) is 37.8 Å². The van der Waals surface area contributed by atoms with Gasteiger partial charge in [0.2, 0.25) is 0 Å². The van der Waals surface area contributed by atoms with E-state index in [4.69, 9.17) is 16.3 Å². The number of carbonyl (C=O) groups excluding carboxylic acids is 1. The smallest absolute Gasteiger partial charge is 0.396 e. The fourth-order valence-electron chi connectivity index (χ4n) is 5.23. The first-order valence-corrected chi connectivity index (χ1v) is 13.4. The van der Waals surface area contributed by atoms with Crippen LogP contribution in [0.4, 0.5) is 19.0 Å². The molecular formula is C26H35ClF3N5O2. The van der Waals surface area contributed by atoms with E-state index in [1.165, 1.54) is 26.1 Å². The first-order chi connectivity index (χ1) is 17.6. The number of nitrogens with zero attached hydrogens (tertiary/aromatic N) is 3. The van der Waals surface area contributed by atoms with Gasteiger partial charge >= 0.3 is 6.18 Å². The number of ether oxygens (including phenoxy) is 1. The minimum atomic E-state index is -4.27. The highest BCUT2D eigenvalue weighted by atomic mass is 35.5. The van der Waals surface area contributed by atoms with Crippen LogP contribution in [0.5, 0.6) is 5.75 Å². The monoisotopic (exact) mass is 541 g/mol. The molecule has 7 nitrogen and oxygen atoms in total. The van der Waals surface area contributed by atoms with E-state index >= 15 is 0 Å². The van der Waals surface area contributed by atoms with Crippen molar-refractivity contribution in [2.24, 2.45) is 17.3 Å². The highest BCUT2D eigenvalue weighted by Gasteiger charge is 2.57. The van der Waals surface area contributed by atoms with Crippen molar-refractivity contribution in [3.05, 3.63) is 23.0 Å². The Labute approximate surface area is 220 Å². The van der Waals surface area contributed by atoms with Crippen LogP contribution in [0.3, 0.4) is 0 Å². The van der Waals surface area contributed by atoms with Crippen molar-refractivity contribution in [1.82, 2.24) is 20.1 Å². The molecule has 0 unspecified atom stereocenters. The number of hydrogen-bond donors (Lipinski definition) is 2. The fraction of sp³-hybridized carbons (Fsp3) is 0.654. The van der Waals surface area contributed by atoms with E-state index in [2.05, 4.69) is 27.6 Å². The third-order valence-corrected chi connectivity index (χ3v) is 8.31. The Balaban J connectivity index is 1.51. The van der Waals surface area contributed by atoms with E-state index < -0.39 is 11.6 Å². The highest BCUT2D eigenvalue weighted by molar-refractivity contribution is 6.36. The van der Waals surface area contributed by atoms with Crippen molar-refractivity contribution in [1.29, 1.82) is 0 Å². The molecule has 0 saturated heterocycles. The maximum Gasteiger partial charge on any atom is 0.396 e. The maximum absolute atomic E-state index is 13.5. The van der Waals surface area contributed by atoms with Gasteiger partial charge < -0.3 is 15.4 Å². The number of halogens is 4. The summed E-state index contributed by atoms with van der Waals surface area (Å²) in [5.41, 5.74) is -0.614. The summed E-state index contributed by atoms with van der Waals surface area (Å²) in [6.07, 6.45) is 2.53. The summed E-state index contributed by atoms with van der Waals surface area (Å²) in [5.74, 6) is 1.49. The van der Waals surface area contributed by atoms with Gasteiger partial charge in [-0.05, 0) is 44.4 Å². The van der Waals surface area contributed by atoms with Crippen LogP contribution in [-0.2, 0) is 6.54 Å². The Kier molecular flexibility index (Phi) is 8.26. The topological polar surface area (TPSA) is 81.1 Å². The molecule has 11 heteroatoms. The van der Waals surface area contributed by atoms with Crippen LogP contribution in [0.15, 0.2) is 12.3 Å². The average Bonchev–Trinajstić information content (AvgIpc) is 3.17. The standard InChI is InChI=1S/C26H35ClF3N5O2/c1-4-35-23(21(27)22(34-35)24(36)32-13-17-8-6-16(2)7-9-17)18-14-31-20(12-19(18)37-3)33-15-25(10-5-11-25)26(28,29)30/h12,14,16-17H,4-11,13,15H2,1-3H3,(H,31,33)(H,32,36). The van der Waals surface area contributed by atoms with Crippen LogP contribution >= 0.6 is 11.6 Å². The third-order valence-electron chi connectivity index (χ3n) is 7.96. The van der Waals surface area contributed by atoms with Crippen molar-refractivity contribution in [2.75, 3.05) is 25.5 Å². The van der Waals surface area contributed by atoms with E-state index in [9.17, 15) is 18.0 Å². The maximum atomic E-state index is 13.5. The Morgan fingerprint density at radius 2 is 1.97 bits per heavy atom. The molecule has 2 saturated carbocycles. The van der Waals surface area contributed by atoms with Crippen molar-refractivity contribution in [2.45, 2.75) is 71.5 Å². The van der Waals surface area contributed by atoms with Gasteiger partial charge in [-0.3, -0.25) is 9.48 Å². The Morgan fingerprint density at radius 3 is 2.54 bits per heavy atom. The zero-order chi connectivity index (χ0) is 26.8. The van der Waals surface area contributed by atoms with Crippen molar-refractivity contribution >= 4 is 23.3 Å². The van der Waals surface area contributed by atoms with E-state index in [-0.39, 0.29) is 41.8 Å². The lowest BCUT2D eigenvalue weighted by Gasteiger charge is -2.43. The predicted octanol–water partition coefficient (Wildman–Crippen LogP) is 6.33. The molecule has 2 heterocycles. The molecule has 0 atom stereocenters. The minimum absolute atomic E-state index is 0.106. The van der Waals surface area contributed by atoms with Crippen LogP contribution in [0.1, 0.15) is 69.3 Å². The molecule has 0 radical (unpaired) electrons. The number of pyridine rings is 1. The number of amides is 1. The highest BCUT2D eigenvalue weighted by Crippen LogP contribution is 2.53. The molecule has 204 valence electrons. The van der Waals surface area contributed by atoms with E-state index in [1.807, 2.05) is 6.92 Å². The van der Waals surface area contributed by atoms with E-state index in [0.717, 1.165) is 18.8 Å². The average molecular weight is 542 g/mol. The van der Waals surface area contributed by atoms with E-state index in [1.54, 1.807) is 10.7 Å². The third kappa shape index (κ3) is 5.68. The quantitative estimate of drug-likeness (QED) is 0.388. The fourth-order valence-corrected chi connectivity index (χ4v) is 5.55. The minimum Gasteiger partial charge on any atom is -0.496 e. The van der Waals surface area contributed by atoms with Crippen molar-refractivity contribution in [3.63, 3.8) is 0 Å². The molecule has 4 rings (SSSR count). The van der Waals surface area contributed by atoms with Gasteiger partial charge in [-0.15, -0.1) is 0 Å². The lowest BCUT2D eigenvalue weighted by molar-refractivity contribution is -0.244. The number of aryl methyl sites for hydroxylation is 1. The number of alkyl halides is 3. The SMILES string of the molecule is CCn1nc(C(=O)NCC2CCC(C)CC2)c(Cl)c1-c1cnc(NCC2(C(F)(F)F)CCC2)cc1OC. The van der Waals surface area contributed by atoms with Gasteiger partial charge in [0.1, 0.15) is 11.6 Å². The number of nitrogens with one attached hydrogen (secondary N) is 2. The van der Waals surface area contributed by atoms with Crippen molar-refractivity contribution in [3.8, 4) is 17.0 Å². The molecule has 2 aromatic rings. The lowest BCUT2D eigenvalue weighted by atomic mass is 9.68. The van der Waals surface area contributed by atoms with E-state index in [0.29, 0.717) is 42.4 Å². The molecule has 2 N–H and O–H groups in total. The van der Waals surface area contributed by atoms with Crippen LogP contribution in [0.2, 0.25) is 5.02 Å². The summed E-state index contributed by atoms with van der Waals surface area (Å²) in [5, 5.41) is 10.4. The number of rotatable bonds is 9. The van der Waals surface area contributed by atoms with Gasteiger partial charge in [0.05, 0.1) is 28.8 Å². The van der Waals surface area contributed by atoms with Crippen LogP contribution in [-0.4, -0.2) is 47.0 Å². The summed E-state index contributed by atoms with van der Waals surface area (Å²) in [7, 11) is 1.46. The number of carbonyl (C=O) groups is 1. The van der Waals surface area contributed by atoms with Gasteiger partial charge in [0.15, 0.2) is 5.69 Å². The van der Waals surface area contributed by atoms with Gasteiger partial charge in [-0.25, -0.2) is 4.98 Å². The van der Waals surface area contributed by atoms with Crippen molar-refractivity contribution < 1.29 is 22.7 Å². The number of methoxy groups -OCH3 is 1. The molecule has 2 aliphatic carbocycles. The molecule has 2 fully saturated rings. The molecule has 0 aliphatic heterocycles. The molecule has 2 aromatic heterocycles. The number of anilines is 1. The molecule has 0 spiro atoms. The molecule has 2 aliphatic rings. The second-order valence-corrected chi connectivity index (χ2v) is 10.8. The van der Waals surface area contributed by atoms with Crippen LogP contribution < -0.4 is 15.4 Å². The zero-order valence-corrected chi connectivity index (χ0v) is 22.3. The van der Waals surface area contributed by atoms with Crippen LogP contribution in [0.25, 0.3) is 11.3 Å². The second kappa shape index (κ2) is 11.1. The first-order valence-electron chi connectivity index (χ1n) is 13.0. The lowest BCUT2D eigenvalue weighted by Crippen LogP contribution is -2.48. The summed E-state index contributed by atoms with van der Waals surface area (Å²) in [6.45, 7) is 4.92. The second-order valence-electron chi connectivity index (χ2n) is 10.4. The normalized spacial score (nSPS) is 21.3. The summed E-state index contributed by atoms with van der Waals surface area (Å²) >= 11 is 6.68. The molecule has 0 bridgehead atoms. The first kappa shape index (κ1) is 27.5. The summed E-state index contributed by atoms with van der Waals surface area (Å²) in [6, 6.07) is 1.55. The number of aromatic nitrogens is 3. The Morgan fingerprint density at radius 1 is 1.27 bits per heavy atom. The largest absolute Gasteiger partial charge is 0.496 e. The van der Waals surface area contributed by atoms with Gasteiger partial charge in [0.25, 0.3) is 5.91 Å². The molecule has 37 heavy (non-hydrogen) atoms. The Hall–Kier alpha value is -2.49. The van der Waals surface area contributed by atoms with Crippen LogP contribution in [0, 0.1) is 17.3 Å². The zero-order valence-electron chi connectivity index (χ0n) is 21.6. The number of hydrogen-bond acceptors (Lipinski definition) is 5.